The zero-order chi connectivity index (χ0) is 18.5. The van der Waals surface area contributed by atoms with Crippen LogP contribution in [0.2, 0.25) is 0 Å². The van der Waals surface area contributed by atoms with E-state index in [1.807, 2.05) is 23.1 Å². The van der Waals surface area contributed by atoms with Gasteiger partial charge in [-0.05, 0) is 56.8 Å². The van der Waals surface area contributed by atoms with Gasteiger partial charge in [0.2, 0.25) is 0 Å². The fourth-order valence-electron chi connectivity index (χ4n) is 4.29. The van der Waals surface area contributed by atoms with Crippen LogP contribution in [0.4, 0.5) is 0 Å². The summed E-state index contributed by atoms with van der Waals surface area (Å²) in [7, 11) is 0. The maximum Gasteiger partial charge on any atom is 0.254 e. The maximum absolute atomic E-state index is 13.2. The van der Waals surface area contributed by atoms with E-state index in [0.717, 1.165) is 58.3 Å². The normalized spacial score (nSPS) is 22.2. The molecule has 2 aliphatic rings. The highest BCUT2D eigenvalue weighted by molar-refractivity contribution is 6.00. The topological polar surface area (TPSA) is 52.7 Å². The molecule has 142 valence electrons. The van der Waals surface area contributed by atoms with Gasteiger partial charge >= 0.3 is 0 Å². The monoisotopic (exact) mass is 357 g/mol. The summed E-state index contributed by atoms with van der Waals surface area (Å²) in [6.07, 6.45) is 5.06. The van der Waals surface area contributed by atoms with Crippen LogP contribution >= 0.6 is 0 Å². The Balaban J connectivity index is 1.80. The van der Waals surface area contributed by atoms with Gasteiger partial charge in [0, 0.05) is 42.8 Å². The van der Waals surface area contributed by atoms with Crippen molar-refractivity contribution in [1.82, 2.24) is 15.1 Å². The van der Waals surface area contributed by atoms with Crippen molar-refractivity contribution >= 4 is 11.8 Å². The van der Waals surface area contributed by atoms with Crippen LogP contribution in [0.3, 0.4) is 0 Å². The van der Waals surface area contributed by atoms with Gasteiger partial charge in [0.25, 0.3) is 11.8 Å². The third kappa shape index (κ3) is 3.93. The molecule has 2 atom stereocenters. The molecule has 5 nitrogen and oxygen atoms in total. The summed E-state index contributed by atoms with van der Waals surface area (Å²) in [6, 6.07) is 7.93. The summed E-state index contributed by atoms with van der Waals surface area (Å²) in [6.45, 7) is 7.53. The summed E-state index contributed by atoms with van der Waals surface area (Å²) in [5.74, 6) is 0.109. The van der Waals surface area contributed by atoms with E-state index in [-0.39, 0.29) is 17.9 Å². The second-order valence-electron chi connectivity index (χ2n) is 7.46. The Bertz CT molecular complexity index is 626. The Hall–Kier alpha value is -1.88. The standard InChI is InChI=1S/C21H31N3O2/c1-3-12-23(13-4-2)20(25)16-6-5-7-17(14-16)21(26)24-18-8-9-19(24)15-22-11-10-18/h5-7,14,18-19,22H,3-4,8-13,15H2,1-2H3. The Kier molecular flexibility index (Phi) is 6.30. The number of carbonyl (C=O) groups is 2. The van der Waals surface area contributed by atoms with Crippen molar-refractivity contribution in [3.8, 4) is 0 Å². The van der Waals surface area contributed by atoms with Crippen LogP contribution in [0.5, 0.6) is 0 Å². The SMILES string of the molecule is CCCN(CCC)C(=O)c1cccc(C(=O)N2C3CCNCC2CC3)c1. The fourth-order valence-corrected chi connectivity index (χ4v) is 4.29. The van der Waals surface area contributed by atoms with E-state index < -0.39 is 0 Å². The summed E-state index contributed by atoms with van der Waals surface area (Å²) in [5, 5.41) is 3.43. The van der Waals surface area contributed by atoms with E-state index >= 15 is 0 Å². The molecule has 0 radical (unpaired) electrons. The fraction of sp³-hybridized carbons (Fsp3) is 0.619. The van der Waals surface area contributed by atoms with Crippen molar-refractivity contribution in [3.05, 3.63) is 35.4 Å². The molecular weight excluding hydrogens is 326 g/mol. The van der Waals surface area contributed by atoms with E-state index in [2.05, 4.69) is 24.1 Å². The first-order valence-corrected chi connectivity index (χ1v) is 10.1. The minimum Gasteiger partial charge on any atom is -0.339 e. The molecule has 26 heavy (non-hydrogen) atoms. The summed E-state index contributed by atoms with van der Waals surface area (Å²) < 4.78 is 0. The number of hydrogen-bond donors (Lipinski definition) is 1. The van der Waals surface area contributed by atoms with Crippen LogP contribution in [0.25, 0.3) is 0 Å². The third-order valence-electron chi connectivity index (χ3n) is 5.52. The van der Waals surface area contributed by atoms with Crippen molar-refractivity contribution in [2.45, 2.75) is 58.0 Å². The second-order valence-corrected chi connectivity index (χ2v) is 7.46. The molecule has 1 aromatic carbocycles. The Morgan fingerprint density at radius 1 is 1.08 bits per heavy atom. The van der Waals surface area contributed by atoms with E-state index in [1.165, 1.54) is 0 Å². The molecule has 2 amide bonds. The molecule has 0 aromatic heterocycles. The highest BCUT2D eigenvalue weighted by Crippen LogP contribution is 2.29. The molecule has 1 aromatic rings. The van der Waals surface area contributed by atoms with E-state index in [4.69, 9.17) is 0 Å². The molecule has 2 aliphatic heterocycles. The van der Waals surface area contributed by atoms with Gasteiger partial charge in [-0.25, -0.2) is 0 Å². The number of amides is 2. The van der Waals surface area contributed by atoms with Gasteiger partial charge in [0.15, 0.2) is 0 Å². The number of rotatable bonds is 6. The number of nitrogens with zero attached hydrogens (tertiary/aromatic N) is 2. The lowest BCUT2D eigenvalue weighted by Crippen LogP contribution is -2.42. The van der Waals surface area contributed by atoms with Crippen molar-refractivity contribution in [2.75, 3.05) is 26.2 Å². The molecule has 2 unspecified atom stereocenters. The number of nitrogens with one attached hydrogen (secondary N) is 1. The second kappa shape index (κ2) is 8.67. The molecule has 2 heterocycles. The zero-order valence-corrected chi connectivity index (χ0v) is 16.0. The first kappa shape index (κ1) is 18.9. The van der Waals surface area contributed by atoms with Crippen molar-refractivity contribution in [1.29, 1.82) is 0 Å². The lowest BCUT2D eigenvalue weighted by atomic mass is 10.1. The van der Waals surface area contributed by atoms with Gasteiger partial charge in [-0.15, -0.1) is 0 Å². The van der Waals surface area contributed by atoms with Crippen LogP contribution in [0, 0.1) is 0 Å². The lowest BCUT2D eigenvalue weighted by Gasteiger charge is -2.28. The molecule has 1 N–H and O–H groups in total. The Morgan fingerprint density at radius 3 is 2.50 bits per heavy atom. The van der Waals surface area contributed by atoms with Crippen LogP contribution < -0.4 is 5.32 Å². The minimum absolute atomic E-state index is 0.0313. The van der Waals surface area contributed by atoms with Gasteiger partial charge in [-0.1, -0.05) is 19.9 Å². The molecule has 0 saturated carbocycles. The number of benzene rings is 1. The lowest BCUT2D eigenvalue weighted by molar-refractivity contribution is 0.0680. The molecule has 2 saturated heterocycles. The van der Waals surface area contributed by atoms with Crippen molar-refractivity contribution in [2.24, 2.45) is 0 Å². The van der Waals surface area contributed by atoms with Gasteiger partial charge in [-0.2, -0.15) is 0 Å². The minimum atomic E-state index is 0.0313. The largest absolute Gasteiger partial charge is 0.339 e. The number of fused-ring (bicyclic) bond motifs is 2. The first-order valence-electron chi connectivity index (χ1n) is 10.1. The Labute approximate surface area is 156 Å². The predicted octanol–water partition coefficient (Wildman–Crippen LogP) is 2.92. The van der Waals surface area contributed by atoms with E-state index in [1.54, 1.807) is 6.07 Å². The number of hydrogen-bond acceptors (Lipinski definition) is 3. The van der Waals surface area contributed by atoms with Gasteiger partial charge in [-0.3, -0.25) is 9.59 Å². The van der Waals surface area contributed by atoms with E-state index in [0.29, 0.717) is 17.2 Å². The maximum atomic E-state index is 13.2. The number of carbonyl (C=O) groups excluding carboxylic acids is 2. The molecular formula is C21H31N3O2. The van der Waals surface area contributed by atoms with Crippen molar-refractivity contribution < 1.29 is 9.59 Å². The third-order valence-corrected chi connectivity index (χ3v) is 5.52. The van der Waals surface area contributed by atoms with Crippen LogP contribution in [0.15, 0.2) is 24.3 Å². The quantitative estimate of drug-likeness (QED) is 0.852. The smallest absolute Gasteiger partial charge is 0.254 e. The average molecular weight is 357 g/mol. The predicted molar refractivity (Wildman–Crippen MR) is 103 cm³/mol. The summed E-state index contributed by atoms with van der Waals surface area (Å²) >= 11 is 0. The molecule has 2 bridgehead atoms. The van der Waals surface area contributed by atoms with Crippen LogP contribution in [-0.4, -0.2) is 59.9 Å². The average Bonchev–Trinajstić information content (AvgIpc) is 2.93. The summed E-state index contributed by atoms with van der Waals surface area (Å²) in [5.41, 5.74) is 1.26. The van der Waals surface area contributed by atoms with Gasteiger partial charge in [0.05, 0.1) is 0 Å². The van der Waals surface area contributed by atoms with Crippen LogP contribution in [0.1, 0.15) is 66.7 Å². The summed E-state index contributed by atoms with van der Waals surface area (Å²) in [4.78, 5) is 30.0. The molecule has 2 fully saturated rings. The molecule has 0 aliphatic carbocycles. The van der Waals surface area contributed by atoms with Crippen LogP contribution in [-0.2, 0) is 0 Å². The zero-order valence-electron chi connectivity index (χ0n) is 16.0. The first-order chi connectivity index (χ1) is 12.7. The molecule has 5 heteroatoms. The van der Waals surface area contributed by atoms with Gasteiger partial charge < -0.3 is 15.1 Å². The van der Waals surface area contributed by atoms with E-state index in [9.17, 15) is 9.59 Å². The molecule has 3 rings (SSSR count). The Morgan fingerprint density at radius 2 is 1.77 bits per heavy atom. The molecule has 0 spiro atoms. The highest BCUT2D eigenvalue weighted by atomic mass is 16.2. The highest BCUT2D eigenvalue weighted by Gasteiger charge is 2.38. The van der Waals surface area contributed by atoms with Crippen molar-refractivity contribution in [3.63, 3.8) is 0 Å². The van der Waals surface area contributed by atoms with Gasteiger partial charge in [0.1, 0.15) is 0 Å².